The van der Waals surface area contributed by atoms with Crippen LogP contribution in [0.15, 0.2) is 36.4 Å². The second kappa shape index (κ2) is 11.7. The molecule has 2 aromatic carbocycles. The maximum Gasteiger partial charge on any atom is 0.163 e. The molecule has 2 rings (SSSR count). The van der Waals surface area contributed by atoms with Crippen LogP contribution in [-0.4, -0.2) is 49.5 Å². The topological polar surface area (TPSA) is 54.0 Å². The lowest BCUT2D eigenvalue weighted by atomic mass is 10.1. The quantitative estimate of drug-likeness (QED) is 0.564. The molecule has 5 nitrogen and oxygen atoms in total. The van der Waals surface area contributed by atoms with Gasteiger partial charge in [0.15, 0.2) is 23.1 Å². The summed E-state index contributed by atoms with van der Waals surface area (Å²) >= 11 is 0. The van der Waals surface area contributed by atoms with Gasteiger partial charge in [-0.2, -0.15) is 0 Å². The van der Waals surface area contributed by atoms with Crippen molar-refractivity contribution in [1.82, 2.24) is 10.2 Å². The molecule has 0 saturated carbocycles. The summed E-state index contributed by atoms with van der Waals surface area (Å²) in [7, 11) is 1.55. The van der Waals surface area contributed by atoms with Gasteiger partial charge in [0.25, 0.3) is 0 Å². The van der Waals surface area contributed by atoms with Crippen LogP contribution in [0, 0.1) is 11.6 Å². The molecule has 0 fully saturated rings. The Labute approximate surface area is 171 Å². The van der Waals surface area contributed by atoms with Crippen LogP contribution in [-0.2, 0) is 13.1 Å². The van der Waals surface area contributed by atoms with Gasteiger partial charge in [-0.15, -0.1) is 0 Å². The van der Waals surface area contributed by atoms with Crippen molar-refractivity contribution in [3.8, 4) is 11.5 Å². The summed E-state index contributed by atoms with van der Waals surface area (Å²) in [5, 5.41) is 13.2. The van der Waals surface area contributed by atoms with E-state index in [9.17, 15) is 13.9 Å². The molecule has 1 atom stereocenters. The highest BCUT2D eigenvalue weighted by Crippen LogP contribution is 2.28. The molecule has 2 N–H and O–H groups in total. The number of methoxy groups -OCH3 is 1. The largest absolute Gasteiger partial charge is 0.493 e. The first-order valence-electron chi connectivity index (χ1n) is 9.82. The molecule has 0 radical (unpaired) electrons. The molecular weight excluding hydrogens is 378 g/mol. The summed E-state index contributed by atoms with van der Waals surface area (Å²) < 4.78 is 38.1. The third kappa shape index (κ3) is 6.96. The summed E-state index contributed by atoms with van der Waals surface area (Å²) in [5.41, 5.74) is 1.19. The number of likely N-dealkylation sites (N-methyl/N-ethyl adjacent to an activating group) is 1. The zero-order valence-electron chi connectivity index (χ0n) is 17.3. The Bertz CT molecular complexity index is 770. The fourth-order valence-electron chi connectivity index (χ4n) is 2.99. The second-order valence-electron chi connectivity index (χ2n) is 6.75. The highest BCUT2D eigenvalue weighted by atomic mass is 19.2. The minimum atomic E-state index is -0.851. The third-order valence-corrected chi connectivity index (χ3v) is 4.70. The van der Waals surface area contributed by atoms with Crippen molar-refractivity contribution >= 4 is 0 Å². The monoisotopic (exact) mass is 408 g/mol. The van der Waals surface area contributed by atoms with Crippen LogP contribution < -0.4 is 14.8 Å². The lowest BCUT2D eigenvalue weighted by Gasteiger charge is -2.22. The molecule has 0 bridgehead atoms. The number of hydrogen-bond donors (Lipinski definition) is 2. The van der Waals surface area contributed by atoms with Gasteiger partial charge in [0, 0.05) is 25.2 Å². The van der Waals surface area contributed by atoms with E-state index >= 15 is 0 Å². The van der Waals surface area contributed by atoms with Gasteiger partial charge in [0.1, 0.15) is 12.7 Å². The van der Waals surface area contributed by atoms with E-state index in [-0.39, 0.29) is 18.7 Å². The maximum atomic E-state index is 13.7. The summed E-state index contributed by atoms with van der Waals surface area (Å²) in [4.78, 5) is 2.13. The number of hydrogen-bond acceptors (Lipinski definition) is 5. The number of rotatable bonds is 12. The van der Waals surface area contributed by atoms with Crippen molar-refractivity contribution in [2.45, 2.75) is 33.0 Å². The summed E-state index contributed by atoms with van der Waals surface area (Å²) in [6.45, 7) is 7.23. The van der Waals surface area contributed by atoms with Crippen LogP contribution in [0.1, 0.15) is 25.0 Å². The van der Waals surface area contributed by atoms with E-state index in [0.717, 1.165) is 24.7 Å². The van der Waals surface area contributed by atoms with E-state index in [1.54, 1.807) is 19.2 Å². The number of nitrogens with one attached hydrogen (secondary N) is 1. The number of ether oxygens (including phenoxy) is 2. The molecule has 0 heterocycles. The molecule has 29 heavy (non-hydrogen) atoms. The molecule has 0 unspecified atom stereocenters. The van der Waals surface area contributed by atoms with Crippen LogP contribution >= 0.6 is 0 Å². The number of halogens is 2. The maximum absolute atomic E-state index is 13.7. The van der Waals surface area contributed by atoms with E-state index < -0.39 is 17.7 Å². The summed E-state index contributed by atoms with van der Waals surface area (Å²) in [6, 6.07) is 9.60. The van der Waals surface area contributed by atoms with E-state index in [2.05, 4.69) is 24.1 Å². The standard InChI is InChI=1S/C22H30F2N2O3/c1-4-26(5-2)14-18(27)15-29-20-10-9-16(11-21(20)28-3)12-25-13-17-7-6-8-19(23)22(17)24/h6-11,18,25,27H,4-5,12-15H2,1-3H3/t18-/m1/s1. The van der Waals surface area contributed by atoms with Crippen molar-refractivity contribution < 1.29 is 23.4 Å². The molecule has 160 valence electrons. The average molecular weight is 408 g/mol. The molecule has 0 amide bonds. The van der Waals surface area contributed by atoms with Crippen molar-refractivity contribution in [1.29, 1.82) is 0 Å². The van der Waals surface area contributed by atoms with Crippen molar-refractivity contribution in [3.63, 3.8) is 0 Å². The number of aliphatic hydroxyl groups is 1. The van der Waals surface area contributed by atoms with Gasteiger partial charge in [0.2, 0.25) is 0 Å². The Morgan fingerprint density at radius 1 is 1.07 bits per heavy atom. The van der Waals surface area contributed by atoms with Crippen LogP contribution in [0.25, 0.3) is 0 Å². The van der Waals surface area contributed by atoms with Gasteiger partial charge >= 0.3 is 0 Å². The van der Waals surface area contributed by atoms with E-state index in [1.807, 2.05) is 12.1 Å². The van der Waals surface area contributed by atoms with Crippen LogP contribution in [0.5, 0.6) is 11.5 Å². The first kappa shape index (κ1) is 23.1. The van der Waals surface area contributed by atoms with Gasteiger partial charge in [-0.3, -0.25) is 0 Å². The van der Waals surface area contributed by atoms with Crippen LogP contribution in [0.2, 0.25) is 0 Å². The molecule has 0 aromatic heterocycles. The fourth-order valence-corrected chi connectivity index (χ4v) is 2.99. The van der Waals surface area contributed by atoms with Crippen LogP contribution in [0.4, 0.5) is 8.78 Å². The molecular formula is C22H30F2N2O3. The van der Waals surface area contributed by atoms with Gasteiger partial charge in [-0.25, -0.2) is 8.78 Å². The molecule has 0 aliphatic heterocycles. The molecule has 2 aromatic rings. The Balaban J connectivity index is 1.90. The Hall–Kier alpha value is -2.22. The van der Waals surface area contributed by atoms with Gasteiger partial charge in [0.05, 0.1) is 7.11 Å². The fraction of sp³-hybridized carbons (Fsp3) is 0.455. The molecule has 7 heteroatoms. The predicted octanol–water partition coefficient (Wildman–Crippen LogP) is 3.34. The second-order valence-corrected chi connectivity index (χ2v) is 6.75. The Kier molecular flexibility index (Phi) is 9.31. The van der Waals surface area contributed by atoms with E-state index in [4.69, 9.17) is 9.47 Å². The third-order valence-electron chi connectivity index (χ3n) is 4.70. The van der Waals surface area contributed by atoms with E-state index in [1.165, 1.54) is 6.07 Å². The zero-order valence-corrected chi connectivity index (χ0v) is 17.3. The average Bonchev–Trinajstić information content (AvgIpc) is 2.73. The minimum absolute atomic E-state index is 0.170. The lowest BCUT2D eigenvalue weighted by molar-refractivity contribution is 0.0705. The highest BCUT2D eigenvalue weighted by Gasteiger charge is 2.12. The summed E-state index contributed by atoms with van der Waals surface area (Å²) in [5.74, 6) is -0.581. The molecule has 0 aliphatic rings. The van der Waals surface area contributed by atoms with Crippen molar-refractivity contribution in [2.24, 2.45) is 0 Å². The van der Waals surface area contributed by atoms with Crippen molar-refractivity contribution in [3.05, 3.63) is 59.2 Å². The highest BCUT2D eigenvalue weighted by molar-refractivity contribution is 5.43. The van der Waals surface area contributed by atoms with Gasteiger partial charge in [-0.05, 0) is 36.9 Å². The Morgan fingerprint density at radius 3 is 2.52 bits per heavy atom. The van der Waals surface area contributed by atoms with Gasteiger partial charge in [-0.1, -0.05) is 32.0 Å². The smallest absolute Gasteiger partial charge is 0.163 e. The van der Waals surface area contributed by atoms with Crippen molar-refractivity contribution in [2.75, 3.05) is 33.4 Å². The molecule has 0 spiro atoms. The lowest BCUT2D eigenvalue weighted by Crippen LogP contribution is -2.35. The zero-order chi connectivity index (χ0) is 21.2. The SMILES string of the molecule is CCN(CC)C[C@@H](O)COc1ccc(CNCc2cccc(F)c2F)cc1OC. The number of aliphatic hydroxyl groups excluding tert-OH is 1. The number of nitrogens with zero attached hydrogens (tertiary/aromatic N) is 1. The first-order chi connectivity index (χ1) is 14.0. The normalized spacial score (nSPS) is 12.2. The molecule has 0 aliphatic carbocycles. The first-order valence-corrected chi connectivity index (χ1v) is 9.82. The minimum Gasteiger partial charge on any atom is -0.493 e. The Morgan fingerprint density at radius 2 is 1.83 bits per heavy atom. The number of benzene rings is 2. The van der Waals surface area contributed by atoms with Gasteiger partial charge < -0.3 is 24.8 Å². The summed E-state index contributed by atoms with van der Waals surface area (Å²) in [6.07, 6.45) is -0.595. The van der Waals surface area contributed by atoms with E-state index in [0.29, 0.717) is 24.6 Å². The molecule has 0 saturated heterocycles. The van der Waals surface area contributed by atoms with Crippen LogP contribution in [0.3, 0.4) is 0 Å². The predicted molar refractivity (Wildman–Crippen MR) is 109 cm³/mol.